The van der Waals surface area contributed by atoms with Gasteiger partial charge in [-0.05, 0) is 61.4 Å². The molecule has 1 aromatic carbocycles. The highest BCUT2D eigenvalue weighted by atomic mass is 127. The molecule has 4 nitrogen and oxygen atoms in total. The average Bonchev–Trinajstić information content (AvgIpc) is 2.40. The third kappa shape index (κ3) is 5.66. The lowest BCUT2D eigenvalue weighted by Gasteiger charge is -2.26. The quantitative estimate of drug-likeness (QED) is 0.522. The van der Waals surface area contributed by atoms with Gasteiger partial charge in [0.1, 0.15) is 5.75 Å². The Labute approximate surface area is 134 Å². The first kappa shape index (κ1) is 17.2. The third-order valence-corrected chi connectivity index (χ3v) is 3.78. The van der Waals surface area contributed by atoms with E-state index in [0.29, 0.717) is 12.3 Å². The Morgan fingerprint density at radius 2 is 2.00 bits per heavy atom. The fourth-order valence-corrected chi connectivity index (χ4v) is 2.27. The number of hydrogen-bond donors (Lipinski definition) is 0. The number of methoxy groups -OCH3 is 1. The topological polar surface area (TPSA) is 38.8 Å². The molecule has 112 valence electrons. The van der Waals surface area contributed by atoms with Crippen LogP contribution in [0.2, 0.25) is 0 Å². The van der Waals surface area contributed by atoms with Crippen LogP contribution in [0.4, 0.5) is 4.79 Å². The maximum absolute atomic E-state index is 12.2. The molecule has 0 radical (unpaired) electrons. The van der Waals surface area contributed by atoms with Crippen molar-refractivity contribution in [3.63, 3.8) is 0 Å². The molecule has 0 aromatic heterocycles. The van der Waals surface area contributed by atoms with Crippen LogP contribution >= 0.6 is 22.6 Å². The number of carbonyl (C=O) groups is 1. The molecule has 0 saturated carbocycles. The van der Waals surface area contributed by atoms with Crippen LogP contribution in [0.3, 0.4) is 0 Å². The fourth-order valence-electron chi connectivity index (χ4n) is 1.77. The van der Waals surface area contributed by atoms with E-state index in [1.807, 2.05) is 38.1 Å². The van der Waals surface area contributed by atoms with E-state index in [0.717, 1.165) is 23.0 Å². The maximum Gasteiger partial charge on any atom is 0.415 e. The van der Waals surface area contributed by atoms with Gasteiger partial charge in [0.05, 0.1) is 3.57 Å². The number of rotatable bonds is 7. The number of unbranched alkanes of at least 4 members (excludes halogenated alkanes) is 1. The third-order valence-electron chi connectivity index (χ3n) is 2.89. The normalized spacial score (nSPS) is 10.7. The lowest BCUT2D eigenvalue weighted by atomic mass is 10.2. The second kappa shape index (κ2) is 9.18. The van der Waals surface area contributed by atoms with Gasteiger partial charge < -0.3 is 14.4 Å². The number of benzene rings is 1. The minimum absolute atomic E-state index is 0.117. The van der Waals surface area contributed by atoms with Crippen molar-refractivity contribution in [1.82, 2.24) is 4.90 Å². The van der Waals surface area contributed by atoms with E-state index in [2.05, 4.69) is 22.6 Å². The summed E-state index contributed by atoms with van der Waals surface area (Å²) in [7, 11) is 1.69. The summed E-state index contributed by atoms with van der Waals surface area (Å²) in [6, 6.07) is 7.63. The van der Waals surface area contributed by atoms with Gasteiger partial charge in [-0.15, -0.1) is 0 Å². The molecule has 0 aliphatic carbocycles. The second-order valence-corrected chi connectivity index (χ2v) is 5.95. The van der Waals surface area contributed by atoms with Gasteiger partial charge >= 0.3 is 6.09 Å². The van der Waals surface area contributed by atoms with Gasteiger partial charge in [-0.3, -0.25) is 0 Å². The minimum Gasteiger partial charge on any atom is -0.409 e. The Bertz CT molecular complexity index is 423. The summed E-state index contributed by atoms with van der Waals surface area (Å²) >= 11 is 2.16. The van der Waals surface area contributed by atoms with Crippen molar-refractivity contribution in [3.8, 4) is 5.75 Å². The van der Waals surface area contributed by atoms with Gasteiger partial charge in [-0.25, -0.2) is 4.79 Å². The van der Waals surface area contributed by atoms with E-state index in [4.69, 9.17) is 9.47 Å². The lowest BCUT2D eigenvalue weighted by Crippen LogP contribution is -2.39. The highest BCUT2D eigenvalue weighted by molar-refractivity contribution is 14.1. The molecule has 0 N–H and O–H groups in total. The summed E-state index contributed by atoms with van der Waals surface area (Å²) in [6.07, 6.45) is 1.56. The van der Waals surface area contributed by atoms with E-state index < -0.39 is 0 Å². The molecule has 0 atom stereocenters. The molecular weight excluding hydrogens is 369 g/mol. The molecule has 5 heteroatoms. The van der Waals surface area contributed by atoms with Crippen molar-refractivity contribution in [3.05, 3.63) is 27.8 Å². The summed E-state index contributed by atoms with van der Waals surface area (Å²) in [4.78, 5) is 14.0. The van der Waals surface area contributed by atoms with Gasteiger partial charge in [0, 0.05) is 26.3 Å². The van der Waals surface area contributed by atoms with Crippen molar-refractivity contribution < 1.29 is 14.3 Å². The second-order valence-electron chi connectivity index (χ2n) is 4.79. The number of para-hydroxylation sites is 1. The van der Waals surface area contributed by atoms with E-state index >= 15 is 0 Å². The zero-order valence-corrected chi connectivity index (χ0v) is 14.4. The first-order valence-electron chi connectivity index (χ1n) is 6.78. The number of halogens is 1. The predicted octanol–water partition coefficient (Wildman–Crippen LogP) is 3.93. The zero-order valence-electron chi connectivity index (χ0n) is 12.3. The lowest BCUT2D eigenvalue weighted by molar-refractivity contribution is 0.133. The Morgan fingerprint density at radius 1 is 1.30 bits per heavy atom. The fraction of sp³-hybridized carbons (Fsp3) is 0.533. The van der Waals surface area contributed by atoms with Gasteiger partial charge in [0.25, 0.3) is 0 Å². The van der Waals surface area contributed by atoms with E-state index in [1.165, 1.54) is 0 Å². The molecule has 1 aromatic rings. The minimum atomic E-state index is -0.290. The Kier molecular flexibility index (Phi) is 7.91. The van der Waals surface area contributed by atoms with Crippen molar-refractivity contribution >= 4 is 28.7 Å². The average molecular weight is 391 g/mol. The summed E-state index contributed by atoms with van der Waals surface area (Å²) in [5.74, 6) is 0.612. The van der Waals surface area contributed by atoms with E-state index in [-0.39, 0.29) is 12.1 Å². The highest BCUT2D eigenvalue weighted by Gasteiger charge is 2.19. The van der Waals surface area contributed by atoms with Gasteiger partial charge in [-0.1, -0.05) is 12.1 Å². The van der Waals surface area contributed by atoms with Crippen LogP contribution in [0.25, 0.3) is 0 Å². The van der Waals surface area contributed by atoms with Crippen molar-refractivity contribution in [2.75, 3.05) is 20.3 Å². The molecule has 0 heterocycles. The van der Waals surface area contributed by atoms with Crippen LogP contribution in [0.15, 0.2) is 24.3 Å². The van der Waals surface area contributed by atoms with Gasteiger partial charge in [0.15, 0.2) is 0 Å². The maximum atomic E-state index is 12.2. The molecule has 0 bridgehead atoms. The molecular formula is C15H22INO3. The molecule has 1 amide bonds. The zero-order chi connectivity index (χ0) is 15.0. The molecule has 0 fully saturated rings. The van der Waals surface area contributed by atoms with Crippen LogP contribution in [-0.4, -0.2) is 37.3 Å². The standard InChI is InChI=1S/C15H22INO3/c1-12(2)17(10-6-7-11-19-3)15(18)20-14-9-5-4-8-13(14)16/h4-5,8-9,12H,6-7,10-11H2,1-3H3. The molecule has 20 heavy (non-hydrogen) atoms. The Hall–Kier alpha value is -0.820. The number of amides is 1. The predicted molar refractivity (Wildman–Crippen MR) is 88.1 cm³/mol. The van der Waals surface area contributed by atoms with Crippen LogP contribution in [-0.2, 0) is 4.74 Å². The first-order valence-corrected chi connectivity index (χ1v) is 7.86. The van der Waals surface area contributed by atoms with Crippen molar-refractivity contribution in [1.29, 1.82) is 0 Å². The first-order chi connectivity index (χ1) is 9.56. The van der Waals surface area contributed by atoms with Gasteiger partial charge in [-0.2, -0.15) is 0 Å². The van der Waals surface area contributed by atoms with Crippen molar-refractivity contribution in [2.24, 2.45) is 0 Å². The van der Waals surface area contributed by atoms with Crippen LogP contribution in [0.5, 0.6) is 5.75 Å². The molecule has 0 aliphatic heterocycles. The van der Waals surface area contributed by atoms with Crippen LogP contribution < -0.4 is 4.74 Å². The van der Waals surface area contributed by atoms with Crippen LogP contribution in [0.1, 0.15) is 26.7 Å². The summed E-state index contributed by atoms with van der Waals surface area (Å²) in [5, 5.41) is 0. The monoisotopic (exact) mass is 391 g/mol. The number of ether oxygens (including phenoxy) is 2. The molecule has 0 spiro atoms. The molecule has 1 rings (SSSR count). The number of nitrogens with zero attached hydrogens (tertiary/aromatic N) is 1. The van der Waals surface area contributed by atoms with E-state index in [1.54, 1.807) is 12.0 Å². The summed E-state index contributed by atoms with van der Waals surface area (Å²) in [5.41, 5.74) is 0. The number of hydrogen-bond acceptors (Lipinski definition) is 3. The van der Waals surface area contributed by atoms with Crippen LogP contribution in [0, 0.1) is 3.57 Å². The summed E-state index contributed by atoms with van der Waals surface area (Å²) < 4.78 is 11.4. The van der Waals surface area contributed by atoms with Gasteiger partial charge in [0.2, 0.25) is 0 Å². The highest BCUT2D eigenvalue weighted by Crippen LogP contribution is 2.21. The molecule has 0 saturated heterocycles. The van der Waals surface area contributed by atoms with Crippen molar-refractivity contribution in [2.45, 2.75) is 32.7 Å². The SMILES string of the molecule is COCCCCN(C(=O)Oc1ccccc1I)C(C)C. The molecule has 0 aliphatic rings. The smallest absolute Gasteiger partial charge is 0.409 e. The Morgan fingerprint density at radius 3 is 2.60 bits per heavy atom. The largest absolute Gasteiger partial charge is 0.415 e. The Balaban J connectivity index is 2.58. The van der Waals surface area contributed by atoms with E-state index in [9.17, 15) is 4.79 Å². The number of carbonyl (C=O) groups excluding carboxylic acids is 1. The summed E-state index contributed by atoms with van der Waals surface area (Å²) in [6.45, 7) is 5.39. The molecule has 0 unspecified atom stereocenters.